The molecule has 0 aliphatic carbocycles. The summed E-state index contributed by atoms with van der Waals surface area (Å²) in [5.41, 5.74) is 1.29. The summed E-state index contributed by atoms with van der Waals surface area (Å²) in [5, 5.41) is 3.45. The topological polar surface area (TPSA) is 30.5 Å². The molecule has 1 aromatic rings. The van der Waals surface area contributed by atoms with Crippen molar-refractivity contribution >= 4 is 0 Å². The van der Waals surface area contributed by atoms with E-state index in [4.69, 9.17) is 9.47 Å². The molecule has 3 nitrogen and oxygen atoms in total. The molecule has 0 unspecified atom stereocenters. The van der Waals surface area contributed by atoms with Crippen molar-refractivity contribution in [3.63, 3.8) is 0 Å². The predicted octanol–water partition coefficient (Wildman–Crippen LogP) is 3.13. The second-order valence-electron chi connectivity index (χ2n) is 5.11. The van der Waals surface area contributed by atoms with Crippen LogP contribution in [0.4, 0.5) is 0 Å². The van der Waals surface area contributed by atoms with Crippen LogP contribution in [-0.2, 0) is 11.3 Å². The highest BCUT2D eigenvalue weighted by Gasteiger charge is 2.14. The molecular weight excluding hydrogens is 238 g/mol. The van der Waals surface area contributed by atoms with Crippen LogP contribution in [0.5, 0.6) is 5.75 Å². The van der Waals surface area contributed by atoms with E-state index in [1.54, 1.807) is 0 Å². The van der Waals surface area contributed by atoms with Gasteiger partial charge in [0.1, 0.15) is 5.75 Å². The number of nitrogens with one attached hydrogen (secondary N) is 1. The van der Waals surface area contributed by atoms with Crippen LogP contribution >= 0.6 is 0 Å². The Balaban J connectivity index is 1.66. The molecule has 1 heterocycles. The molecule has 1 fully saturated rings. The molecule has 19 heavy (non-hydrogen) atoms. The molecule has 1 N–H and O–H groups in total. The normalized spacial score (nSPS) is 18.7. The summed E-state index contributed by atoms with van der Waals surface area (Å²) in [7, 11) is 0. The van der Waals surface area contributed by atoms with Gasteiger partial charge in [-0.2, -0.15) is 0 Å². The van der Waals surface area contributed by atoms with Crippen molar-refractivity contribution in [2.45, 2.75) is 45.3 Å². The maximum Gasteiger partial charge on any atom is 0.119 e. The van der Waals surface area contributed by atoms with E-state index in [9.17, 15) is 0 Å². The highest BCUT2D eigenvalue weighted by atomic mass is 16.5. The fraction of sp³-hybridized carbons (Fsp3) is 0.625. The Labute approximate surface area is 116 Å². The van der Waals surface area contributed by atoms with Crippen molar-refractivity contribution in [1.29, 1.82) is 0 Å². The average Bonchev–Trinajstić information content (AvgIpc) is 2.94. The van der Waals surface area contributed by atoms with Crippen LogP contribution in [-0.4, -0.2) is 25.9 Å². The van der Waals surface area contributed by atoms with Crippen LogP contribution in [0.2, 0.25) is 0 Å². The van der Waals surface area contributed by atoms with Gasteiger partial charge in [-0.3, -0.25) is 0 Å². The Morgan fingerprint density at radius 3 is 2.84 bits per heavy atom. The lowest BCUT2D eigenvalue weighted by molar-refractivity contribution is 0.110. The van der Waals surface area contributed by atoms with E-state index in [0.29, 0.717) is 6.10 Å². The van der Waals surface area contributed by atoms with E-state index in [2.05, 4.69) is 36.5 Å². The van der Waals surface area contributed by atoms with E-state index in [1.165, 1.54) is 24.8 Å². The summed E-state index contributed by atoms with van der Waals surface area (Å²) >= 11 is 0. The molecule has 1 aliphatic heterocycles. The lowest BCUT2D eigenvalue weighted by atomic mass is 10.2. The largest absolute Gasteiger partial charge is 0.494 e. The molecule has 3 heteroatoms. The Kier molecular flexibility index (Phi) is 6.18. The summed E-state index contributed by atoms with van der Waals surface area (Å²) in [6.45, 7) is 5.76. The van der Waals surface area contributed by atoms with E-state index >= 15 is 0 Å². The van der Waals surface area contributed by atoms with Crippen molar-refractivity contribution in [3.8, 4) is 5.75 Å². The standard InChI is InChI=1S/C16H25NO2/c1-2-3-10-18-15-8-6-14(7-9-15)12-17-13-16-5-4-11-19-16/h6-9,16-17H,2-5,10-13H2,1H3/t16-/m0/s1. The van der Waals surface area contributed by atoms with Crippen molar-refractivity contribution in [2.75, 3.05) is 19.8 Å². The van der Waals surface area contributed by atoms with Gasteiger partial charge in [-0.1, -0.05) is 25.5 Å². The highest BCUT2D eigenvalue weighted by Crippen LogP contribution is 2.13. The van der Waals surface area contributed by atoms with Gasteiger partial charge >= 0.3 is 0 Å². The molecule has 0 spiro atoms. The third-order valence-corrected chi connectivity index (χ3v) is 3.42. The Hall–Kier alpha value is -1.06. The van der Waals surface area contributed by atoms with Crippen molar-refractivity contribution in [1.82, 2.24) is 5.32 Å². The van der Waals surface area contributed by atoms with E-state index in [1.807, 2.05) is 0 Å². The summed E-state index contributed by atoms with van der Waals surface area (Å²) in [5.74, 6) is 0.969. The number of ether oxygens (including phenoxy) is 2. The van der Waals surface area contributed by atoms with E-state index in [0.717, 1.165) is 38.5 Å². The van der Waals surface area contributed by atoms with Gasteiger partial charge < -0.3 is 14.8 Å². The second-order valence-corrected chi connectivity index (χ2v) is 5.11. The Morgan fingerprint density at radius 2 is 2.16 bits per heavy atom. The zero-order valence-electron chi connectivity index (χ0n) is 11.9. The molecule has 1 atom stereocenters. The maximum absolute atomic E-state index is 5.65. The molecule has 0 radical (unpaired) electrons. The lowest BCUT2D eigenvalue weighted by Crippen LogP contribution is -2.25. The smallest absolute Gasteiger partial charge is 0.119 e. The number of rotatable bonds is 8. The summed E-state index contributed by atoms with van der Waals surface area (Å²) in [4.78, 5) is 0. The van der Waals surface area contributed by atoms with Crippen LogP contribution in [0, 0.1) is 0 Å². The molecule has 1 aromatic carbocycles. The SMILES string of the molecule is CCCCOc1ccc(CNC[C@@H]2CCCO2)cc1. The van der Waals surface area contributed by atoms with Crippen LogP contribution in [0.25, 0.3) is 0 Å². The molecule has 1 aliphatic rings. The molecule has 106 valence electrons. The zero-order chi connectivity index (χ0) is 13.3. The molecule has 0 aromatic heterocycles. The molecule has 1 saturated heterocycles. The molecular formula is C16H25NO2. The van der Waals surface area contributed by atoms with Crippen LogP contribution in [0.15, 0.2) is 24.3 Å². The number of benzene rings is 1. The molecule has 0 saturated carbocycles. The highest BCUT2D eigenvalue weighted by molar-refractivity contribution is 5.27. The van der Waals surface area contributed by atoms with Gasteiger partial charge in [0.25, 0.3) is 0 Å². The zero-order valence-corrected chi connectivity index (χ0v) is 11.9. The number of hydrogen-bond donors (Lipinski definition) is 1. The Morgan fingerprint density at radius 1 is 1.32 bits per heavy atom. The first kappa shape index (κ1) is 14.4. The van der Waals surface area contributed by atoms with Gasteiger partial charge in [-0.05, 0) is 37.0 Å². The monoisotopic (exact) mass is 263 g/mol. The molecule has 0 amide bonds. The summed E-state index contributed by atoms with van der Waals surface area (Å²) in [6, 6.07) is 8.37. The van der Waals surface area contributed by atoms with E-state index < -0.39 is 0 Å². The van der Waals surface area contributed by atoms with Gasteiger partial charge in [-0.15, -0.1) is 0 Å². The minimum absolute atomic E-state index is 0.414. The fourth-order valence-electron chi connectivity index (χ4n) is 2.22. The summed E-state index contributed by atoms with van der Waals surface area (Å²) < 4.78 is 11.2. The second kappa shape index (κ2) is 8.18. The van der Waals surface area contributed by atoms with Crippen molar-refractivity contribution in [3.05, 3.63) is 29.8 Å². The van der Waals surface area contributed by atoms with Crippen LogP contribution in [0.3, 0.4) is 0 Å². The lowest BCUT2D eigenvalue weighted by Gasteiger charge is -2.11. The third-order valence-electron chi connectivity index (χ3n) is 3.42. The van der Waals surface area contributed by atoms with Crippen molar-refractivity contribution in [2.24, 2.45) is 0 Å². The van der Waals surface area contributed by atoms with Crippen LogP contribution in [0.1, 0.15) is 38.2 Å². The third kappa shape index (κ3) is 5.21. The first-order valence-electron chi connectivity index (χ1n) is 7.42. The van der Waals surface area contributed by atoms with E-state index in [-0.39, 0.29) is 0 Å². The van der Waals surface area contributed by atoms with Crippen molar-refractivity contribution < 1.29 is 9.47 Å². The first-order valence-corrected chi connectivity index (χ1v) is 7.42. The maximum atomic E-state index is 5.65. The first-order chi connectivity index (χ1) is 9.38. The summed E-state index contributed by atoms with van der Waals surface area (Å²) in [6.07, 6.45) is 5.10. The number of unbranched alkanes of at least 4 members (excludes halogenated alkanes) is 1. The van der Waals surface area contributed by atoms with Gasteiger partial charge in [0, 0.05) is 19.7 Å². The van der Waals surface area contributed by atoms with Gasteiger partial charge in [-0.25, -0.2) is 0 Å². The average molecular weight is 263 g/mol. The number of hydrogen-bond acceptors (Lipinski definition) is 3. The Bertz CT molecular complexity index is 344. The minimum atomic E-state index is 0.414. The van der Waals surface area contributed by atoms with Crippen LogP contribution < -0.4 is 10.1 Å². The van der Waals surface area contributed by atoms with Gasteiger partial charge in [0.2, 0.25) is 0 Å². The fourth-order valence-corrected chi connectivity index (χ4v) is 2.22. The molecule has 2 rings (SSSR count). The minimum Gasteiger partial charge on any atom is -0.494 e. The quantitative estimate of drug-likeness (QED) is 0.731. The van der Waals surface area contributed by atoms with Gasteiger partial charge in [0.15, 0.2) is 0 Å². The molecule has 0 bridgehead atoms. The predicted molar refractivity (Wildman–Crippen MR) is 77.5 cm³/mol. The van der Waals surface area contributed by atoms with Gasteiger partial charge in [0.05, 0.1) is 12.7 Å².